The Kier molecular flexibility index (Phi) is 5.94. The van der Waals surface area contributed by atoms with Crippen molar-refractivity contribution in [3.8, 4) is 6.07 Å². The van der Waals surface area contributed by atoms with Crippen LogP contribution in [0.1, 0.15) is 5.76 Å². The SMILES string of the molecule is CN(C)C(=O)/C(C#N)=C/c1cc(Br)c(Sc2ccc(Cl)cc2)o1. The Morgan fingerprint density at radius 2 is 2.04 bits per heavy atom. The molecular weight excluding hydrogens is 400 g/mol. The highest BCUT2D eigenvalue weighted by molar-refractivity contribution is 9.10. The Bertz CT molecular complexity index is 791. The Morgan fingerprint density at radius 3 is 2.61 bits per heavy atom. The number of rotatable bonds is 4. The van der Waals surface area contributed by atoms with Gasteiger partial charge in [-0.15, -0.1) is 0 Å². The smallest absolute Gasteiger partial charge is 0.264 e. The van der Waals surface area contributed by atoms with Crippen molar-refractivity contribution in [2.24, 2.45) is 0 Å². The molecule has 0 saturated heterocycles. The number of halogens is 2. The van der Waals surface area contributed by atoms with Crippen LogP contribution in [0.4, 0.5) is 0 Å². The fourth-order valence-electron chi connectivity index (χ4n) is 1.64. The van der Waals surface area contributed by atoms with Gasteiger partial charge >= 0.3 is 0 Å². The van der Waals surface area contributed by atoms with E-state index < -0.39 is 0 Å². The molecule has 118 valence electrons. The first-order chi connectivity index (χ1) is 10.9. The molecule has 7 heteroatoms. The molecule has 0 aliphatic heterocycles. The number of hydrogen-bond donors (Lipinski definition) is 0. The number of nitriles is 1. The lowest BCUT2D eigenvalue weighted by atomic mass is 10.2. The van der Waals surface area contributed by atoms with Crippen LogP contribution in [0.5, 0.6) is 0 Å². The quantitative estimate of drug-likeness (QED) is 0.533. The maximum absolute atomic E-state index is 11.9. The second-order valence-corrected chi connectivity index (χ2v) is 7.05. The van der Waals surface area contributed by atoms with E-state index in [9.17, 15) is 4.79 Å². The van der Waals surface area contributed by atoms with Crippen molar-refractivity contribution in [1.82, 2.24) is 4.90 Å². The minimum Gasteiger partial charge on any atom is -0.449 e. The molecule has 23 heavy (non-hydrogen) atoms. The Morgan fingerprint density at radius 1 is 1.39 bits per heavy atom. The number of benzene rings is 1. The molecule has 0 aliphatic rings. The van der Waals surface area contributed by atoms with E-state index in [1.54, 1.807) is 32.3 Å². The highest BCUT2D eigenvalue weighted by Crippen LogP contribution is 2.36. The van der Waals surface area contributed by atoms with Gasteiger partial charge in [-0.05, 0) is 46.3 Å². The standard InChI is InChI=1S/C16H12BrClN2O2S/c1-20(2)15(21)10(9-19)7-12-8-14(17)16(22-12)23-13-5-3-11(18)4-6-13/h3-8H,1-2H3/b10-7+. The molecule has 0 atom stereocenters. The molecule has 0 spiro atoms. The lowest BCUT2D eigenvalue weighted by molar-refractivity contribution is -0.124. The van der Waals surface area contributed by atoms with Gasteiger partial charge in [0, 0.05) is 30.1 Å². The minimum absolute atomic E-state index is 0.0132. The summed E-state index contributed by atoms with van der Waals surface area (Å²) in [6.45, 7) is 0. The van der Waals surface area contributed by atoms with Crippen molar-refractivity contribution in [2.45, 2.75) is 9.99 Å². The largest absolute Gasteiger partial charge is 0.449 e. The zero-order chi connectivity index (χ0) is 17.0. The van der Waals surface area contributed by atoms with Crippen molar-refractivity contribution in [3.05, 3.63) is 51.2 Å². The number of hydrogen-bond acceptors (Lipinski definition) is 4. The van der Waals surface area contributed by atoms with Crippen LogP contribution < -0.4 is 0 Å². The fourth-order valence-corrected chi connectivity index (χ4v) is 3.10. The van der Waals surface area contributed by atoms with Gasteiger partial charge < -0.3 is 9.32 Å². The first-order valence-electron chi connectivity index (χ1n) is 6.47. The predicted octanol–water partition coefficient (Wildman–Crippen LogP) is 4.84. The maximum Gasteiger partial charge on any atom is 0.264 e. The molecule has 1 heterocycles. The number of furan rings is 1. The topological polar surface area (TPSA) is 57.2 Å². The van der Waals surface area contributed by atoms with Crippen molar-refractivity contribution < 1.29 is 9.21 Å². The van der Waals surface area contributed by atoms with E-state index in [-0.39, 0.29) is 11.5 Å². The monoisotopic (exact) mass is 410 g/mol. The van der Waals surface area contributed by atoms with Crippen LogP contribution >= 0.6 is 39.3 Å². The highest BCUT2D eigenvalue weighted by Gasteiger charge is 2.14. The van der Waals surface area contributed by atoms with E-state index in [0.29, 0.717) is 15.9 Å². The van der Waals surface area contributed by atoms with Gasteiger partial charge in [0.25, 0.3) is 5.91 Å². The molecule has 2 aromatic rings. The summed E-state index contributed by atoms with van der Waals surface area (Å²) in [5.74, 6) is 0.0621. The predicted molar refractivity (Wildman–Crippen MR) is 94.3 cm³/mol. The fraction of sp³-hybridized carbons (Fsp3) is 0.125. The number of likely N-dealkylation sites (N-methyl/N-ethyl adjacent to an activating group) is 1. The van der Waals surface area contributed by atoms with Crippen LogP contribution in [0.3, 0.4) is 0 Å². The summed E-state index contributed by atoms with van der Waals surface area (Å²) in [5, 5.41) is 10.4. The van der Waals surface area contributed by atoms with Gasteiger partial charge in [0.15, 0.2) is 5.09 Å². The van der Waals surface area contributed by atoms with Crippen LogP contribution in [0.15, 0.2) is 54.8 Å². The molecule has 2 rings (SSSR count). The van der Waals surface area contributed by atoms with E-state index >= 15 is 0 Å². The van der Waals surface area contributed by atoms with E-state index in [2.05, 4.69) is 15.9 Å². The molecular formula is C16H12BrClN2O2S. The Balaban J connectivity index is 2.25. The molecule has 1 aromatic heterocycles. The second kappa shape index (κ2) is 7.73. The number of carbonyl (C=O) groups excluding carboxylic acids is 1. The van der Waals surface area contributed by atoms with Gasteiger partial charge in [-0.1, -0.05) is 23.4 Å². The van der Waals surface area contributed by atoms with Crippen LogP contribution in [0.2, 0.25) is 5.02 Å². The van der Waals surface area contributed by atoms with Crippen LogP contribution in [0, 0.1) is 11.3 Å². The Hall–Kier alpha value is -1.68. The molecule has 0 fully saturated rings. The molecule has 0 bridgehead atoms. The first-order valence-corrected chi connectivity index (χ1v) is 8.45. The normalized spacial score (nSPS) is 11.2. The third-order valence-electron chi connectivity index (χ3n) is 2.74. The average molecular weight is 412 g/mol. The van der Waals surface area contributed by atoms with Gasteiger partial charge in [0.05, 0.1) is 4.47 Å². The first kappa shape index (κ1) is 17.7. The zero-order valence-corrected chi connectivity index (χ0v) is 15.5. The van der Waals surface area contributed by atoms with E-state index in [1.165, 1.54) is 22.7 Å². The zero-order valence-electron chi connectivity index (χ0n) is 12.3. The van der Waals surface area contributed by atoms with Gasteiger partial charge in [-0.2, -0.15) is 5.26 Å². The number of amides is 1. The lowest BCUT2D eigenvalue weighted by Crippen LogP contribution is -2.22. The van der Waals surface area contributed by atoms with Gasteiger partial charge in [-0.3, -0.25) is 4.79 Å². The molecule has 0 aliphatic carbocycles. The summed E-state index contributed by atoms with van der Waals surface area (Å²) in [6.07, 6.45) is 1.43. The summed E-state index contributed by atoms with van der Waals surface area (Å²) in [6, 6.07) is 11.0. The van der Waals surface area contributed by atoms with Crippen molar-refractivity contribution >= 4 is 51.3 Å². The average Bonchev–Trinajstić information content (AvgIpc) is 2.86. The molecule has 1 aromatic carbocycles. The third-order valence-corrected chi connectivity index (χ3v) is 4.84. The second-order valence-electron chi connectivity index (χ2n) is 4.71. The van der Waals surface area contributed by atoms with Crippen molar-refractivity contribution in [1.29, 1.82) is 5.26 Å². The van der Waals surface area contributed by atoms with Crippen molar-refractivity contribution in [3.63, 3.8) is 0 Å². The lowest BCUT2D eigenvalue weighted by Gasteiger charge is -2.07. The van der Waals surface area contributed by atoms with Gasteiger partial charge in [0.2, 0.25) is 0 Å². The van der Waals surface area contributed by atoms with E-state index in [4.69, 9.17) is 21.3 Å². The molecule has 0 saturated carbocycles. The van der Waals surface area contributed by atoms with Crippen molar-refractivity contribution in [2.75, 3.05) is 14.1 Å². The summed E-state index contributed by atoms with van der Waals surface area (Å²) >= 11 is 10.7. The summed E-state index contributed by atoms with van der Waals surface area (Å²) < 4.78 is 6.44. The Labute approximate surface area is 151 Å². The number of nitrogens with zero attached hydrogens (tertiary/aromatic N) is 2. The van der Waals surface area contributed by atoms with E-state index in [1.807, 2.05) is 18.2 Å². The summed E-state index contributed by atoms with van der Waals surface area (Å²) in [4.78, 5) is 14.2. The van der Waals surface area contributed by atoms with Gasteiger partial charge in [0.1, 0.15) is 17.4 Å². The number of carbonyl (C=O) groups is 1. The van der Waals surface area contributed by atoms with Crippen LogP contribution in [-0.4, -0.2) is 24.9 Å². The van der Waals surface area contributed by atoms with Gasteiger partial charge in [-0.25, -0.2) is 0 Å². The third kappa shape index (κ3) is 4.64. The minimum atomic E-state index is -0.369. The summed E-state index contributed by atoms with van der Waals surface area (Å²) in [5.41, 5.74) is 0.0132. The highest BCUT2D eigenvalue weighted by atomic mass is 79.9. The van der Waals surface area contributed by atoms with Crippen LogP contribution in [0.25, 0.3) is 6.08 Å². The molecule has 1 amide bonds. The molecule has 0 radical (unpaired) electrons. The molecule has 4 nitrogen and oxygen atoms in total. The van der Waals surface area contributed by atoms with Crippen LogP contribution in [-0.2, 0) is 4.79 Å². The molecule has 0 unspecified atom stereocenters. The summed E-state index contributed by atoms with van der Waals surface area (Å²) in [7, 11) is 3.18. The van der Waals surface area contributed by atoms with E-state index in [0.717, 1.165) is 9.37 Å². The molecule has 0 N–H and O–H groups in total. The maximum atomic E-state index is 11.9.